The fourth-order valence-corrected chi connectivity index (χ4v) is 3.16. The number of carbonyl (C=O) groups is 3. The van der Waals surface area contributed by atoms with Gasteiger partial charge in [-0.15, -0.1) is 0 Å². The van der Waals surface area contributed by atoms with Gasteiger partial charge >= 0.3 is 0 Å². The lowest BCUT2D eigenvalue weighted by molar-refractivity contribution is -0.117. The van der Waals surface area contributed by atoms with Crippen molar-refractivity contribution >= 4 is 29.1 Å². The van der Waals surface area contributed by atoms with Crippen molar-refractivity contribution in [3.05, 3.63) is 59.2 Å². The molecular weight excluding hydrogens is 356 g/mol. The molecule has 0 bridgehead atoms. The molecule has 0 aliphatic carbocycles. The van der Waals surface area contributed by atoms with E-state index >= 15 is 0 Å². The molecule has 3 N–H and O–H groups in total. The molecule has 1 aliphatic heterocycles. The van der Waals surface area contributed by atoms with E-state index in [0.29, 0.717) is 16.9 Å². The quantitative estimate of drug-likeness (QED) is 0.742. The van der Waals surface area contributed by atoms with Crippen LogP contribution in [0.15, 0.2) is 42.5 Å². The Kier molecular flexibility index (Phi) is 5.75. The lowest BCUT2D eigenvalue weighted by Gasteiger charge is -2.26. The van der Waals surface area contributed by atoms with E-state index in [1.807, 2.05) is 45.3 Å². The van der Waals surface area contributed by atoms with Crippen LogP contribution in [0.1, 0.15) is 33.9 Å². The number of nitrogens with zero attached hydrogens (tertiary/aromatic N) is 1. The lowest BCUT2D eigenvalue weighted by atomic mass is 9.97. The van der Waals surface area contributed by atoms with Crippen LogP contribution < -0.4 is 16.0 Å². The number of fused-ring (bicyclic) bond motifs is 1. The second-order valence-electron chi connectivity index (χ2n) is 7.18. The van der Waals surface area contributed by atoms with Crippen molar-refractivity contribution in [3.63, 3.8) is 0 Å². The Morgan fingerprint density at radius 3 is 2.68 bits per heavy atom. The minimum absolute atomic E-state index is 0.135. The van der Waals surface area contributed by atoms with E-state index < -0.39 is 6.04 Å². The molecule has 0 radical (unpaired) electrons. The molecule has 7 nitrogen and oxygen atoms in total. The number of likely N-dealkylation sites (N-methyl/N-ethyl adjacent to an activating group) is 1. The molecule has 3 rings (SSSR count). The molecule has 0 saturated heterocycles. The van der Waals surface area contributed by atoms with Gasteiger partial charge in [-0.25, -0.2) is 0 Å². The smallest absolute Gasteiger partial charge is 0.251 e. The van der Waals surface area contributed by atoms with Gasteiger partial charge in [0.05, 0.1) is 19.0 Å². The minimum atomic E-state index is -0.398. The van der Waals surface area contributed by atoms with E-state index in [1.165, 1.54) is 0 Å². The Balaban J connectivity index is 1.77. The number of hydrogen-bond donors (Lipinski definition) is 3. The van der Waals surface area contributed by atoms with Crippen LogP contribution >= 0.6 is 0 Å². The summed E-state index contributed by atoms with van der Waals surface area (Å²) in [6, 6.07) is 12.2. The van der Waals surface area contributed by atoms with Crippen molar-refractivity contribution in [2.24, 2.45) is 0 Å². The first-order valence-electron chi connectivity index (χ1n) is 9.08. The van der Waals surface area contributed by atoms with Gasteiger partial charge in [0.2, 0.25) is 11.8 Å². The summed E-state index contributed by atoms with van der Waals surface area (Å²) in [5.41, 5.74) is 3.48. The number of benzene rings is 2. The number of anilines is 2. The molecule has 2 aromatic rings. The zero-order valence-corrected chi connectivity index (χ0v) is 16.2. The lowest BCUT2D eigenvalue weighted by Crippen LogP contribution is -2.35. The van der Waals surface area contributed by atoms with Gasteiger partial charge in [-0.05, 0) is 50.3 Å². The molecule has 7 heteroatoms. The summed E-state index contributed by atoms with van der Waals surface area (Å²) in [5, 5.41) is 8.59. The Bertz CT molecular complexity index is 924. The third-order valence-corrected chi connectivity index (χ3v) is 4.54. The largest absolute Gasteiger partial charge is 0.345 e. The van der Waals surface area contributed by atoms with Crippen molar-refractivity contribution in [2.75, 3.05) is 31.3 Å². The van der Waals surface area contributed by atoms with Crippen molar-refractivity contribution < 1.29 is 14.4 Å². The number of rotatable bonds is 5. The number of aryl methyl sites for hydroxylation is 1. The predicted molar refractivity (Wildman–Crippen MR) is 108 cm³/mol. The standard InChI is InChI=1S/C21H24N4O3/c1-13-8-9-14(10-17(13)23-20(27)12-25(2)3)21(28)24-18-11-19(26)22-16-7-5-4-6-15(16)18/h4-10,18H,11-12H2,1-3H3,(H,22,26)(H,23,27)(H,24,28). The maximum atomic E-state index is 12.8. The van der Waals surface area contributed by atoms with Gasteiger partial charge in [-0.3, -0.25) is 14.4 Å². The summed E-state index contributed by atoms with van der Waals surface area (Å²) in [7, 11) is 3.63. The zero-order chi connectivity index (χ0) is 20.3. The van der Waals surface area contributed by atoms with Gasteiger partial charge in [0.15, 0.2) is 0 Å². The van der Waals surface area contributed by atoms with E-state index in [-0.39, 0.29) is 30.7 Å². The minimum Gasteiger partial charge on any atom is -0.345 e. The Morgan fingerprint density at radius 2 is 1.93 bits per heavy atom. The second-order valence-corrected chi connectivity index (χ2v) is 7.18. The van der Waals surface area contributed by atoms with Crippen LogP contribution in [-0.4, -0.2) is 43.3 Å². The Hall–Kier alpha value is -3.19. The van der Waals surface area contributed by atoms with Crippen LogP contribution in [-0.2, 0) is 9.59 Å². The average Bonchev–Trinajstić information content (AvgIpc) is 2.62. The summed E-state index contributed by atoms with van der Waals surface area (Å²) in [5.74, 6) is -0.578. The highest BCUT2D eigenvalue weighted by Crippen LogP contribution is 2.30. The van der Waals surface area contributed by atoms with Gasteiger partial charge in [-0.2, -0.15) is 0 Å². The second kappa shape index (κ2) is 8.22. The Morgan fingerprint density at radius 1 is 1.18 bits per heavy atom. The molecule has 0 spiro atoms. The van der Waals surface area contributed by atoms with E-state index in [9.17, 15) is 14.4 Å². The van der Waals surface area contributed by atoms with Crippen LogP contribution in [0.25, 0.3) is 0 Å². The van der Waals surface area contributed by atoms with Crippen molar-refractivity contribution in [3.8, 4) is 0 Å². The topological polar surface area (TPSA) is 90.5 Å². The summed E-state index contributed by atoms with van der Waals surface area (Å²) in [6.07, 6.45) is 0.182. The van der Waals surface area contributed by atoms with Gasteiger partial charge in [0.1, 0.15) is 0 Å². The highest BCUT2D eigenvalue weighted by Gasteiger charge is 2.26. The van der Waals surface area contributed by atoms with Gasteiger partial charge in [0, 0.05) is 16.9 Å². The van der Waals surface area contributed by atoms with Crippen LogP contribution in [0.2, 0.25) is 0 Å². The normalized spacial score (nSPS) is 15.6. The van der Waals surface area contributed by atoms with Crippen molar-refractivity contribution in [1.82, 2.24) is 10.2 Å². The molecule has 1 unspecified atom stereocenters. The van der Waals surface area contributed by atoms with Crippen LogP contribution in [0, 0.1) is 6.92 Å². The van der Waals surface area contributed by atoms with Crippen molar-refractivity contribution in [1.29, 1.82) is 0 Å². The fourth-order valence-electron chi connectivity index (χ4n) is 3.16. The summed E-state index contributed by atoms with van der Waals surface area (Å²) < 4.78 is 0. The fraction of sp³-hybridized carbons (Fsp3) is 0.286. The highest BCUT2D eigenvalue weighted by atomic mass is 16.2. The molecule has 146 valence electrons. The number of nitrogens with one attached hydrogen (secondary N) is 3. The molecule has 0 aromatic heterocycles. The van der Waals surface area contributed by atoms with E-state index in [0.717, 1.165) is 11.1 Å². The van der Waals surface area contributed by atoms with Gasteiger partial charge < -0.3 is 20.9 Å². The van der Waals surface area contributed by atoms with Gasteiger partial charge in [-0.1, -0.05) is 24.3 Å². The molecule has 3 amide bonds. The maximum absolute atomic E-state index is 12.8. The molecule has 1 heterocycles. The number of carbonyl (C=O) groups excluding carboxylic acids is 3. The SMILES string of the molecule is Cc1ccc(C(=O)NC2CC(=O)Nc3ccccc32)cc1NC(=O)CN(C)C. The summed E-state index contributed by atoms with van der Waals surface area (Å²) >= 11 is 0. The predicted octanol–water partition coefficient (Wildman–Crippen LogP) is 2.31. The van der Waals surface area contributed by atoms with Crippen LogP contribution in [0.5, 0.6) is 0 Å². The van der Waals surface area contributed by atoms with E-state index in [2.05, 4.69) is 16.0 Å². The molecule has 28 heavy (non-hydrogen) atoms. The summed E-state index contributed by atoms with van der Waals surface area (Å²) in [4.78, 5) is 38.6. The summed E-state index contributed by atoms with van der Waals surface area (Å²) in [6.45, 7) is 2.12. The number of para-hydroxylation sites is 1. The van der Waals surface area contributed by atoms with E-state index in [1.54, 1.807) is 23.1 Å². The van der Waals surface area contributed by atoms with E-state index in [4.69, 9.17) is 0 Å². The number of amides is 3. The Labute approximate surface area is 164 Å². The van der Waals surface area contributed by atoms with Gasteiger partial charge in [0.25, 0.3) is 5.91 Å². The molecule has 0 fully saturated rings. The first kappa shape index (κ1) is 19.6. The molecular formula is C21H24N4O3. The van der Waals surface area contributed by atoms with Crippen LogP contribution in [0.4, 0.5) is 11.4 Å². The zero-order valence-electron chi connectivity index (χ0n) is 16.2. The average molecular weight is 380 g/mol. The third kappa shape index (κ3) is 4.55. The highest BCUT2D eigenvalue weighted by molar-refractivity contribution is 6.00. The molecule has 1 aliphatic rings. The first-order valence-corrected chi connectivity index (χ1v) is 9.08. The maximum Gasteiger partial charge on any atom is 0.251 e. The van der Waals surface area contributed by atoms with Crippen LogP contribution in [0.3, 0.4) is 0 Å². The molecule has 2 aromatic carbocycles. The first-order chi connectivity index (χ1) is 13.3. The molecule has 0 saturated carbocycles. The number of hydrogen-bond acceptors (Lipinski definition) is 4. The monoisotopic (exact) mass is 380 g/mol. The molecule has 1 atom stereocenters. The third-order valence-electron chi connectivity index (χ3n) is 4.54. The van der Waals surface area contributed by atoms with Crippen molar-refractivity contribution in [2.45, 2.75) is 19.4 Å².